The zero-order valence-corrected chi connectivity index (χ0v) is 14.2. The van der Waals surface area contributed by atoms with E-state index in [-0.39, 0.29) is 36.7 Å². The molecular weight excluding hydrogens is 318 g/mol. The summed E-state index contributed by atoms with van der Waals surface area (Å²) >= 11 is 0. The Labute approximate surface area is 142 Å². The Balaban J connectivity index is 0.00000192. The molecule has 1 fully saturated rings. The van der Waals surface area contributed by atoms with Gasteiger partial charge in [-0.3, -0.25) is 9.69 Å². The van der Waals surface area contributed by atoms with E-state index in [1.807, 2.05) is 6.20 Å². The lowest BCUT2D eigenvalue weighted by Gasteiger charge is -2.37. The minimum absolute atomic E-state index is 0. The minimum atomic E-state index is -0.579. The summed E-state index contributed by atoms with van der Waals surface area (Å²) in [5.74, 6) is -0.887. The van der Waals surface area contributed by atoms with Crippen LogP contribution in [0.3, 0.4) is 0 Å². The van der Waals surface area contributed by atoms with E-state index in [1.165, 1.54) is 11.9 Å². The van der Waals surface area contributed by atoms with Gasteiger partial charge in [0.05, 0.1) is 6.61 Å². The highest BCUT2D eigenvalue weighted by molar-refractivity contribution is 6.17. The van der Waals surface area contributed by atoms with Crippen LogP contribution in [0.4, 0.5) is 0 Å². The summed E-state index contributed by atoms with van der Waals surface area (Å²) in [5.41, 5.74) is 2.37. The van der Waals surface area contributed by atoms with E-state index in [1.54, 1.807) is 11.8 Å². The van der Waals surface area contributed by atoms with E-state index in [0.717, 1.165) is 31.4 Å². The molecule has 0 bridgehead atoms. The van der Waals surface area contributed by atoms with Crippen LogP contribution in [0.15, 0.2) is 35.3 Å². The normalized spacial score (nSPS) is 23.1. The highest BCUT2D eigenvalue weighted by Crippen LogP contribution is 2.31. The van der Waals surface area contributed by atoms with Crippen molar-refractivity contribution >= 4 is 24.3 Å². The predicted octanol–water partition coefficient (Wildman–Crippen LogP) is 1.51. The maximum absolute atomic E-state index is 12.5. The number of rotatable bonds is 2. The predicted molar refractivity (Wildman–Crippen MR) is 88.4 cm³/mol. The van der Waals surface area contributed by atoms with E-state index >= 15 is 0 Å². The number of ether oxygens (including phenoxy) is 1. The number of halogens is 1. The van der Waals surface area contributed by atoms with Crippen LogP contribution in [-0.4, -0.2) is 48.0 Å². The van der Waals surface area contributed by atoms with Gasteiger partial charge in [0.2, 0.25) is 0 Å². The largest absolute Gasteiger partial charge is 0.462 e. The molecule has 3 aliphatic heterocycles. The van der Waals surface area contributed by atoms with Gasteiger partial charge in [-0.15, -0.1) is 12.4 Å². The number of fused-ring (bicyclic) bond motifs is 2. The first kappa shape index (κ1) is 17.4. The van der Waals surface area contributed by atoms with Crippen molar-refractivity contribution in [2.75, 3.05) is 20.2 Å². The lowest BCUT2D eigenvalue weighted by Crippen LogP contribution is -2.50. The Morgan fingerprint density at radius 1 is 1.43 bits per heavy atom. The van der Waals surface area contributed by atoms with Crippen LogP contribution in [-0.2, 0) is 14.3 Å². The molecule has 0 saturated carbocycles. The first-order valence-electron chi connectivity index (χ1n) is 7.72. The van der Waals surface area contributed by atoms with E-state index in [4.69, 9.17) is 4.74 Å². The fraction of sp³-hybridized carbons (Fsp3) is 0.500. The first-order chi connectivity index (χ1) is 10.6. The topological polar surface area (TPSA) is 61.9 Å². The molecule has 0 radical (unpaired) electrons. The fourth-order valence-corrected chi connectivity index (χ4v) is 3.04. The van der Waals surface area contributed by atoms with Crippen molar-refractivity contribution in [1.29, 1.82) is 0 Å². The first-order valence-corrected chi connectivity index (χ1v) is 7.72. The van der Waals surface area contributed by atoms with Gasteiger partial charge in [-0.1, -0.05) is 0 Å². The SMILES string of the molecule is CCOC(=O)C1=CNC2C=C3C(=CN2C1=O)CCCCN3C.Cl. The second-order valence-corrected chi connectivity index (χ2v) is 5.69. The van der Waals surface area contributed by atoms with Gasteiger partial charge >= 0.3 is 5.97 Å². The van der Waals surface area contributed by atoms with E-state index in [9.17, 15) is 9.59 Å². The van der Waals surface area contributed by atoms with Crippen molar-refractivity contribution in [3.63, 3.8) is 0 Å². The van der Waals surface area contributed by atoms with Crippen molar-refractivity contribution < 1.29 is 14.3 Å². The summed E-state index contributed by atoms with van der Waals surface area (Å²) in [5, 5.41) is 3.11. The smallest absolute Gasteiger partial charge is 0.345 e. The zero-order valence-electron chi connectivity index (χ0n) is 13.4. The van der Waals surface area contributed by atoms with Gasteiger partial charge in [-0.2, -0.15) is 0 Å². The molecule has 0 aromatic rings. The van der Waals surface area contributed by atoms with Crippen LogP contribution in [0.5, 0.6) is 0 Å². The van der Waals surface area contributed by atoms with Gasteiger partial charge in [-0.05, 0) is 37.8 Å². The number of hydrogen-bond donors (Lipinski definition) is 1. The van der Waals surface area contributed by atoms with Crippen molar-refractivity contribution in [2.24, 2.45) is 0 Å². The second kappa shape index (κ2) is 7.08. The lowest BCUT2D eigenvalue weighted by molar-refractivity contribution is -0.142. The third-order valence-corrected chi connectivity index (χ3v) is 4.20. The van der Waals surface area contributed by atoms with Crippen LogP contribution >= 0.6 is 12.4 Å². The summed E-state index contributed by atoms with van der Waals surface area (Å²) in [7, 11) is 2.07. The summed E-state index contributed by atoms with van der Waals surface area (Å²) in [6.07, 6.45) is 8.35. The number of carbonyl (C=O) groups excluding carboxylic acids is 2. The lowest BCUT2D eigenvalue weighted by atomic mass is 10.0. The number of likely N-dealkylation sites (tertiary alicyclic amines) is 1. The van der Waals surface area contributed by atoms with Crippen molar-refractivity contribution in [1.82, 2.24) is 15.1 Å². The fourth-order valence-electron chi connectivity index (χ4n) is 3.04. The zero-order chi connectivity index (χ0) is 15.7. The van der Waals surface area contributed by atoms with Gasteiger partial charge in [0.1, 0.15) is 11.7 Å². The van der Waals surface area contributed by atoms with Crippen LogP contribution in [0.1, 0.15) is 26.2 Å². The Morgan fingerprint density at radius 2 is 2.22 bits per heavy atom. The number of likely N-dealkylation sites (N-methyl/N-ethyl adjacent to an activating group) is 1. The molecule has 3 aliphatic rings. The molecule has 0 aromatic heterocycles. The molecular formula is C16H22ClN3O3. The summed E-state index contributed by atoms with van der Waals surface area (Å²) in [4.78, 5) is 28.2. The molecule has 1 unspecified atom stereocenters. The number of allylic oxidation sites excluding steroid dienone is 1. The molecule has 1 atom stereocenters. The third-order valence-electron chi connectivity index (χ3n) is 4.20. The summed E-state index contributed by atoms with van der Waals surface area (Å²) in [6.45, 7) is 3.00. The average molecular weight is 340 g/mol. The second-order valence-electron chi connectivity index (χ2n) is 5.69. The average Bonchev–Trinajstić information content (AvgIpc) is 2.68. The van der Waals surface area contributed by atoms with Crippen LogP contribution in [0.25, 0.3) is 0 Å². The summed E-state index contributed by atoms with van der Waals surface area (Å²) in [6, 6.07) is 0. The molecule has 126 valence electrons. The van der Waals surface area contributed by atoms with Crippen molar-refractivity contribution in [3.8, 4) is 0 Å². The Kier molecular flexibility index (Phi) is 5.36. The van der Waals surface area contributed by atoms with Crippen LogP contribution in [0.2, 0.25) is 0 Å². The number of amides is 1. The molecule has 7 heteroatoms. The number of nitrogens with one attached hydrogen (secondary N) is 1. The molecule has 0 aliphatic carbocycles. The molecule has 0 aromatic carbocycles. The van der Waals surface area contributed by atoms with Gasteiger partial charge in [0.15, 0.2) is 0 Å². The van der Waals surface area contributed by atoms with Crippen LogP contribution in [0, 0.1) is 0 Å². The summed E-state index contributed by atoms with van der Waals surface area (Å²) < 4.78 is 4.94. The highest BCUT2D eigenvalue weighted by Gasteiger charge is 2.35. The van der Waals surface area contributed by atoms with Crippen LogP contribution < -0.4 is 5.32 Å². The number of carbonyl (C=O) groups is 2. The molecule has 6 nitrogen and oxygen atoms in total. The third kappa shape index (κ3) is 3.22. The van der Waals surface area contributed by atoms with Gasteiger partial charge in [0, 0.05) is 31.7 Å². The van der Waals surface area contributed by atoms with Crippen molar-refractivity contribution in [2.45, 2.75) is 32.4 Å². The molecule has 23 heavy (non-hydrogen) atoms. The standard InChI is InChI=1S/C16H21N3O3.ClH/c1-3-22-16(21)12-9-17-14-8-13-11(10-19(14)15(12)20)6-4-5-7-18(13)2;/h8-10,14,17H,3-7H2,1-2H3;1H. The quantitative estimate of drug-likeness (QED) is 0.610. The monoisotopic (exact) mass is 339 g/mol. The van der Waals surface area contributed by atoms with E-state index < -0.39 is 5.97 Å². The molecule has 1 N–H and O–H groups in total. The molecule has 0 spiro atoms. The Hall–Kier alpha value is -1.95. The Morgan fingerprint density at radius 3 is 2.96 bits per heavy atom. The minimum Gasteiger partial charge on any atom is -0.462 e. The highest BCUT2D eigenvalue weighted by atomic mass is 35.5. The molecule has 3 rings (SSSR count). The van der Waals surface area contributed by atoms with Crippen molar-refractivity contribution in [3.05, 3.63) is 35.3 Å². The Bertz CT molecular complexity index is 597. The maximum atomic E-state index is 12.5. The number of esters is 1. The van der Waals surface area contributed by atoms with E-state index in [0.29, 0.717) is 0 Å². The molecule has 3 heterocycles. The van der Waals surface area contributed by atoms with E-state index in [2.05, 4.69) is 23.3 Å². The van der Waals surface area contributed by atoms with Gasteiger partial charge in [0.25, 0.3) is 5.91 Å². The number of nitrogens with zero attached hydrogens (tertiary/aromatic N) is 2. The number of hydrogen-bond acceptors (Lipinski definition) is 5. The van der Waals surface area contributed by atoms with Gasteiger partial charge in [-0.25, -0.2) is 4.79 Å². The van der Waals surface area contributed by atoms with Gasteiger partial charge < -0.3 is 15.0 Å². The molecule has 1 saturated heterocycles. The maximum Gasteiger partial charge on any atom is 0.345 e. The molecule has 1 amide bonds.